The van der Waals surface area contributed by atoms with Crippen molar-refractivity contribution in [3.05, 3.63) is 47.5 Å². The summed E-state index contributed by atoms with van der Waals surface area (Å²) in [5, 5.41) is 5.12. The zero-order valence-electron chi connectivity index (χ0n) is 20.0. The predicted octanol–water partition coefficient (Wildman–Crippen LogP) is 4.73. The van der Waals surface area contributed by atoms with Crippen LogP contribution in [0.15, 0.2) is 24.5 Å². The number of hydrogen-bond acceptors (Lipinski definition) is 8. The summed E-state index contributed by atoms with van der Waals surface area (Å²) < 4.78 is 51.4. The molecule has 2 atom stereocenters. The van der Waals surface area contributed by atoms with Crippen LogP contribution in [0.25, 0.3) is 21.6 Å². The van der Waals surface area contributed by atoms with Crippen LogP contribution in [0.2, 0.25) is 0 Å². The van der Waals surface area contributed by atoms with Gasteiger partial charge in [0.05, 0.1) is 30.6 Å². The molecule has 3 aromatic heterocycles. The highest BCUT2D eigenvalue weighted by Gasteiger charge is 2.32. The minimum Gasteiger partial charge on any atom is -0.367 e. The molecular formula is C24H24F3N7OS. The average molecular weight is 516 g/mol. The highest BCUT2D eigenvalue weighted by atomic mass is 32.1. The van der Waals surface area contributed by atoms with Gasteiger partial charge in [-0.05, 0) is 25.8 Å². The molecule has 1 aliphatic heterocycles. The Balaban J connectivity index is 1.43. The lowest BCUT2D eigenvalue weighted by molar-refractivity contribution is -0.0178. The molecule has 2 unspecified atom stereocenters. The standard InChI is InChI=1S/C24H24F3N7OS/c1-12-9-33(11-19(35-12)13-8-28-34(10-13)14-4-5-14)23-29-20(15-6-17(26)18(27)7-16(15)25)21-22(30-23)31-24(36-21)32(2)3/h6-8,10,12,14,19H,4-5,9,11H2,1-3H3. The van der Waals surface area contributed by atoms with Crippen LogP contribution < -0.4 is 9.80 Å². The Labute approximate surface area is 209 Å². The van der Waals surface area contributed by atoms with Gasteiger partial charge in [0.2, 0.25) is 5.95 Å². The van der Waals surface area contributed by atoms with Crippen molar-refractivity contribution >= 4 is 32.8 Å². The van der Waals surface area contributed by atoms with E-state index in [0.29, 0.717) is 46.6 Å². The Hall–Kier alpha value is -3.25. The second-order valence-electron chi connectivity index (χ2n) is 9.49. The van der Waals surface area contributed by atoms with Crippen molar-refractivity contribution < 1.29 is 17.9 Å². The molecule has 6 rings (SSSR count). The Bertz CT molecular complexity index is 1450. The molecule has 1 aliphatic carbocycles. The highest BCUT2D eigenvalue weighted by Crippen LogP contribution is 2.39. The number of benzene rings is 1. The zero-order chi connectivity index (χ0) is 25.1. The number of aromatic nitrogens is 5. The molecule has 0 spiro atoms. The number of rotatable bonds is 5. The van der Waals surface area contributed by atoms with Crippen LogP contribution in [-0.2, 0) is 4.74 Å². The van der Waals surface area contributed by atoms with Gasteiger partial charge in [-0.1, -0.05) is 11.3 Å². The lowest BCUT2D eigenvalue weighted by atomic mass is 10.1. The molecule has 4 aromatic rings. The molecule has 1 saturated heterocycles. The third kappa shape index (κ3) is 4.17. The minimum absolute atomic E-state index is 0.136. The zero-order valence-corrected chi connectivity index (χ0v) is 20.8. The predicted molar refractivity (Wildman–Crippen MR) is 131 cm³/mol. The Morgan fingerprint density at radius 1 is 1.03 bits per heavy atom. The number of ether oxygens (including phenoxy) is 1. The summed E-state index contributed by atoms with van der Waals surface area (Å²) in [6.45, 7) is 2.92. The van der Waals surface area contributed by atoms with Gasteiger partial charge in [-0.2, -0.15) is 15.1 Å². The van der Waals surface area contributed by atoms with E-state index in [9.17, 15) is 13.2 Å². The van der Waals surface area contributed by atoms with Gasteiger partial charge in [0.1, 0.15) is 16.6 Å². The van der Waals surface area contributed by atoms with Gasteiger partial charge in [-0.25, -0.2) is 18.2 Å². The van der Waals surface area contributed by atoms with Crippen molar-refractivity contribution in [1.29, 1.82) is 0 Å². The van der Waals surface area contributed by atoms with Crippen molar-refractivity contribution in [2.24, 2.45) is 0 Å². The third-order valence-corrected chi connectivity index (χ3v) is 7.55. The molecule has 188 valence electrons. The molecule has 0 N–H and O–H groups in total. The Kier molecular flexibility index (Phi) is 5.60. The number of nitrogens with zero attached hydrogens (tertiary/aromatic N) is 7. The molecule has 1 aromatic carbocycles. The first-order valence-corrected chi connectivity index (χ1v) is 12.5. The quantitative estimate of drug-likeness (QED) is 0.356. The van der Waals surface area contributed by atoms with Crippen LogP contribution in [0.4, 0.5) is 24.3 Å². The van der Waals surface area contributed by atoms with Gasteiger partial charge in [-0.3, -0.25) is 4.68 Å². The van der Waals surface area contributed by atoms with Crippen LogP contribution in [-0.4, -0.2) is 58.0 Å². The topological polar surface area (TPSA) is 72.2 Å². The number of morpholine rings is 1. The summed E-state index contributed by atoms with van der Waals surface area (Å²) in [7, 11) is 3.67. The fourth-order valence-electron chi connectivity index (χ4n) is 4.38. The number of fused-ring (bicyclic) bond motifs is 1. The minimum atomic E-state index is -1.25. The largest absolute Gasteiger partial charge is 0.367 e. The fraction of sp³-hybridized carbons (Fsp3) is 0.417. The van der Waals surface area contributed by atoms with E-state index in [1.54, 1.807) is 0 Å². The van der Waals surface area contributed by atoms with E-state index >= 15 is 0 Å². The maximum Gasteiger partial charge on any atom is 0.228 e. The van der Waals surface area contributed by atoms with Gasteiger partial charge < -0.3 is 14.5 Å². The summed E-state index contributed by atoms with van der Waals surface area (Å²) in [6, 6.07) is 1.84. The molecule has 0 bridgehead atoms. The monoisotopic (exact) mass is 515 g/mol. The maximum atomic E-state index is 14.9. The van der Waals surface area contributed by atoms with Crippen molar-refractivity contribution in [3.8, 4) is 11.3 Å². The van der Waals surface area contributed by atoms with E-state index in [4.69, 9.17) is 4.74 Å². The summed E-state index contributed by atoms with van der Waals surface area (Å²) >= 11 is 1.26. The molecule has 0 amide bonds. The average Bonchev–Trinajstić information content (AvgIpc) is 3.39. The van der Waals surface area contributed by atoms with Crippen molar-refractivity contribution in [2.75, 3.05) is 37.0 Å². The molecular weight excluding hydrogens is 491 g/mol. The lowest BCUT2D eigenvalue weighted by Gasteiger charge is -2.36. The number of anilines is 2. The summed E-state index contributed by atoms with van der Waals surface area (Å²) in [5.74, 6) is -2.98. The van der Waals surface area contributed by atoms with Crippen molar-refractivity contribution in [1.82, 2.24) is 24.7 Å². The fourth-order valence-corrected chi connectivity index (χ4v) is 5.31. The van der Waals surface area contributed by atoms with Gasteiger partial charge >= 0.3 is 0 Å². The number of halogens is 3. The van der Waals surface area contributed by atoms with Crippen LogP contribution in [0, 0.1) is 17.5 Å². The first-order valence-electron chi connectivity index (χ1n) is 11.7. The number of thiazole rings is 1. The molecule has 0 radical (unpaired) electrons. The van der Waals surface area contributed by atoms with E-state index in [2.05, 4.69) is 20.1 Å². The van der Waals surface area contributed by atoms with E-state index in [1.165, 1.54) is 11.3 Å². The first-order chi connectivity index (χ1) is 17.3. The summed E-state index contributed by atoms with van der Waals surface area (Å²) in [5.41, 5.74) is 1.37. The van der Waals surface area contributed by atoms with Gasteiger partial charge in [0.15, 0.2) is 22.4 Å². The van der Waals surface area contributed by atoms with Crippen LogP contribution in [0.5, 0.6) is 0 Å². The normalized spacial score (nSPS) is 20.3. The second-order valence-corrected chi connectivity index (χ2v) is 10.5. The number of hydrogen-bond donors (Lipinski definition) is 0. The van der Waals surface area contributed by atoms with Crippen molar-refractivity contribution in [2.45, 2.75) is 38.0 Å². The smallest absolute Gasteiger partial charge is 0.228 e. The Morgan fingerprint density at radius 2 is 1.81 bits per heavy atom. The maximum absolute atomic E-state index is 14.9. The second kappa shape index (κ2) is 8.70. The van der Waals surface area contributed by atoms with Gasteiger partial charge in [0, 0.05) is 44.0 Å². The van der Waals surface area contributed by atoms with Gasteiger partial charge in [-0.15, -0.1) is 0 Å². The SMILES string of the molecule is CC1CN(c2nc(-c3cc(F)c(F)cc3F)c3sc(N(C)C)nc3n2)CC(c2cnn(C3CC3)c2)O1. The third-order valence-electron chi connectivity index (χ3n) is 6.34. The van der Waals surface area contributed by atoms with E-state index in [-0.39, 0.29) is 23.5 Å². The first kappa shape index (κ1) is 23.2. The lowest BCUT2D eigenvalue weighted by Crippen LogP contribution is -2.43. The van der Waals surface area contributed by atoms with Crippen molar-refractivity contribution in [3.63, 3.8) is 0 Å². The van der Waals surface area contributed by atoms with Crippen LogP contribution in [0.3, 0.4) is 0 Å². The molecule has 4 heterocycles. The molecule has 12 heteroatoms. The molecule has 1 saturated carbocycles. The molecule has 36 heavy (non-hydrogen) atoms. The molecule has 2 aliphatic rings. The van der Waals surface area contributed by atoms with E-state index < -0.39 is 17.5 Å². The van der Waals surface area contributed by atoms with Crippen LogP contribution in [0.1, 0.15) is 37.5 Å². The highest BCUT2D eigenvalue weighted by molar-refractivity contribution is 7.22. The van der Waals surface area contributed by atoms with Gasteiger partial charge in [0.25, 0.3) is 0 Å². The Morgan fingerprint density at radius 3 is 2.56 bits per heavy atom. The molecule has 8 nitrogen and oxygen atoms in total. The van der Waals surface area contributed by atoms with E-state index in [0.717, 1.165) is 24.5 Å². The summed E-state index contributed by atoms with van der Waals surface area (Å²) in [4.78, 5) is 17.7. The molecule has 2 fully saturated rings. The summed E-state index contributed by atoms with van der Waals surface area (Å²) in [6.07, 6.45) is 5.73. The van der Waals surface area contributed by atoms with Crippen LogP contribution >= 0.6 is 11.3 Å². The van der Waals surface area contributed by atoms with E-state index in [1.807, 2.05) is 47.9 Å².